The summed E-state index contributed by atoms with van der Waals surface area (Å²) in [6.45, 7) is 1.79. The second kappa shape index (κ2) is 7.15. The van der Waals surface area contributed by atoms with Crippen molar-refractivity contribution < 1.29 is 18.3 Å². The summed E-state index contributed by atoms with van der Waals surface area (Å²) in [4.78, 5) is 0. The van der Waals surface area contributed by atoms with Gasteiger partial charge in [0.05, 0.1) is 24.7 Å². The second-order valence-electron chi connectivity index (χ2n) is 4.52. The van der Waals surface area contributed by atoms with Gasteiger partial charge in [0.2, 0.25) is 0 Å². The molecule has 0 saturated heterocycles. The normalized spacial score (nSPS) is 12.8. The standard InChI is InChI=1S/C14H17F3N2O/c1-2-3-12(9-20)19-11-5-4-10(6-7-18)13(8-11)14(15,16)17/h4-5,8,12,19-20H,2-3,6,9H2,1H3/t12-/m1/s1. The molecule has 2 N–H and O–H groups in total. The third-order valence-electron chi connectivity index (χ3n) is 2.91. The molecule has 3 nitrogen and oxygen atoms in total. The lowest BCUT2D eigenvalue weighted by atomic mass is 10.0. The van der Waals surface area contributed by atoms with Gasteiger partial charge in [-0.15, -0.1) is 0 Å². The molecule has 0 spiro atoms. The first-order valence-corrected chi connectivity index (χ1v) is 6.36. The van der Waals surface area contributed by atoms with E-state index in [1.165, 1.54) is 12.1 Å². The fourth-order valence-electron chi connectivity index (χ4n) is 1.96. The maximum absolute atomic E-state index is 12.9. The number of hydrogen-bond donors (Lipinski definition) is 2. The van der Waals surface area contributed by atoms with Crippen molar-refractivity contribution in [3.8, 4) is 6.07 Å². The smallest absolute Gasteiger partial charge is 0.394 e. The summed E-state index contributed by atoms with van der Waals surface area (Å²) in [6, 6.07) is 5.24. The number of aliphatic hydroxyl groups excluding tert-OH is 1. The van der Waals surface area contributed by atoms with E-state index in [0.29, 0.717) is 12.1 Å². The molecule has 1 aromatic carbocycles. The van der Waals surface area contributed by atoms with Gasteiger partial charge in [-0.3, -0.25) is 0 Å². The summed E-state index contributed by atoms with van der Waals surface area (Å²) in [5.41, 5.74) is -0.551. The van der Waals surface area contributed by atoms with Gasteiger partial charge in [-0.05, 0) is 24.1 Å². The van der Waals surface area contributed by atoms with Crippen molar-refractivity contribution in [3.05, 3.63) is 29.3 Å². The van der Waals surface area contributed by atoms with E-state index >= 15 is 0 Å². The van der Waals surface area contributed by atoms with Gasteiger partial charge in [0.25, 0.3) is 0 Å². The first-order valence-electron chi connectivity index (χ1n) is 6.36. The second-order valence-corrected chi connectivity index (χ2v) is 4.52. The third-order valence-corrected chi connectivity index (χ3v) is 2.91. The highest BCUT2D eigenvalue weighted by atomic mass is 19.4. The topological polar surface area (TPSA) is 56.0 Å². The Bertz CT molecular complexity index is 480. The van der Waals surface area contributed by atoms with Gasteiger partial charge < -0.3 is 10.4 Å². The highest BCUT2D eigenvalue weighted by Gasteiger charge is 2.33. The van der Waals surface area contributed by atoms with Crippen molar-refractivity contribution in [2.75, 3.05) is 11.9 Å². The van der Waals surface area contributed by atoms with Gasteiger partial charge in [0.1, 0.15) is 0 Å². The molecule has 0 aliphatic carbocycles. The molecule has 110 valence electrons. The van der Waals surface area contributed by atoms with Gasteiger partial charge in [-0.25, -0.2) is 0 Å². The Morgan fingerprint density at radius 1 is 1.40 bits per heavy atom. The first kappa shape index (κ1) is 16.3. The van der Waals surface area contributed by atoms with Crippen molar-refractivity contribution in [1.29, 1.82) is 5.26 Å². The number of anilines is 1. The molecule has 0 unspecified atom stereocenters. The molecule has 0 amide bonds. The molecule has 0 aliphatic rings. The minimum absolute atomic E-state index is 0.0402. The number of alkyl halides is 3. The van der Waals surface area contributed by atoms with E-state index in [0.717, 1.165) is 12.5 Å². The maximum Gasteiger partial charge on any atom is 0.416 e. The van der Waals surface area contributed by atoms with Crippen LogP contribution in [-0.2, 0) is 12.6 Å². The molecule has 0 radical (unpaired) electrons. The lowest BCUT2D eigenvalue weighted by Crippen LogP contribution is -2.23. The molecule has 0 saturated carbocycles. The average molecular weight is 286 g/mol. The molecule has 0 aliphatic heterocycles. The van der Waals surface area contributed by atoms with Crippen LogP contribution in [-0.4, -0.2) is 17.8 Å². The van der Waals surface area contributed by atoms with E-state index < -0.39 is 11.7 Å². The molecule has 1 atom stereocenters. The molecular formula is C14H17F3N2O. The zero-order valence-corrected chi connectivity index (χ0v) is 11.2. The Morgan fingerprint density at radius 3 is 2.60 bits per heavy atom. The largest absolute Gasteiger partial charge is 0.416 e. The molecule has 0 heterocycles. The van der Waals surface area contributed by atoms with Gasteiger partial charge >= 0.3 is 6.18 Å². The number of nitriles is 1. The number of benzene rings is 1. The van der Waals surface area contributed by atoms with E-state index in [-0.39, 0.29) is 24.6 Å². The highest BCUT2D eigenvalue weighted by molar-refractivity contribution is 5.51. The SMILES string of the molecule is CCC[C@H](CO)Nc1ccc(CC#N)c(C(F)(F)F)c1. The van der Waals surface area contributed by atoms with E-state index in [1.807, 2.05) is 6.92 Å². The molecule has 1 aromatic rings. The number of nitrogens with zero attached hydrogens (tertiary/aromatic N) is 1. The molecule has 0 bridgehead atoms. The van der Waals surface area contributed by atoms with Crippen LogP contribution in [0.1, 0.15) is 30.9 Å². The van der Waals surface area contributed by atoms with Crippen LogP contribution < -0.4 is 5.32 Å². The summed E-state index contributed by atoms with van der Waals surface area (Å²) in [6.07, 6.45) is -3.30. The van der Waals surface area contributed by atoms with Crippen LogP contribution in [0, 0.1) is 11.3 Å². The number of hydrogen-bond acceptors (Lipinski definition) is 3. The lowest BCUT2D eigenvalue weighted by Gasteiger charge is -2.19. The van der Waals surface area contributed by atoms with Crippen LogP contribution in [0.4, 0.5) is 18.9 Å². The molecule has 0 fully saturated rings. The monoisotopic (exact) mass is 286 g/mol. The summed E-state index contributed by atoms with van der Waals surface area (Å²) >= 11 is 0. The van der Waals surface area contributed by atoms with E-state index in [2.05, 4.69) is 5.32 Å². The number of nitrogens with one attached hydrogen (secondary N) is 1. The molecule has 6 heteroatoms. The van der Waals surface area contributed by atoms with Crippen LogP contribution in [0.5, 0.6) is 0 Å². The van der Waals surface area contributed by atoms with Crippen molar-refractivity contribution in [2.45, 2.75) is 38.4 Å². The number of aliphatic hydroxyl groups is 1. The van der Waals surface area contributed by atoms with Gasteiger partial charge in [0, 0.05) is 11.7 Å². The maximum atomic E-state index is 12.9. The molecular weight excluding hydrogens is 269 g/mol. The Balaban J connectivity index is 3.03. The van der Waals surface area contributed by atoms with Crippen molar-refractivity contribution in [2.24, 2.45) is 0 Å². The number of rotatable bonds is 6. The third kappa shape index (κ3) is 4.42. The highest BCUT2D eigenvalue weighted by Crippen LogP contribution is 2.34. The Kier molecular flexibility index (Phi) is 5.83. The van der Waals surface area contributed by atoms with Crippen molar-refractivity contribution in [1.82, 2.24) is 0 Å². The van der Waals surface area contributed by atoms with Crippen LogP contribution in [0.25, 0.3) is 0 Å². The lowest BCUT2D eigenvalue weighted by molar-refractivity contribution is -0.138. The fraction of sp³-hybridized carbons (Fsp3) is 0.500. The quantitative estimate of drug-likeness (QED) is 0.843. The van der Waals surface area contributed by atoms with Crippen molar-refractivity contribution in [3.63, 3.8) is 0 Å². The molecule has 0 aromatic heterocycles. The van der Waals surface area contributed by atoms with Crippen LogP contribution in [0.3, 0.4) is 0 Å². The summed E-state index contributed by atoms with van der Waals surface area (Å²) in [5, 5.41) is 20.6. The summed E-state index contributed by atoms with van der Waals surface area (Å²) in [5.74, 6) is 0. The Morgan fingerprint density at radius 2 is 2.10 bits per heavy atom. The van der Waals surface area contributed by atoms with Crippen LogP contribution in [0.15, 0.2) is 18.2 Å². The predicted octanol–water partition coefficient (Wildman–Crippen LogP) is 3.34. The van der Waals surface area contributed by atoms with E-state index in [4.69, 9.17) is 10.4 Å². The first-order chi connectivity index (χ1) is 9.42. The van der Waals surface area contributed by atoms with Crippen LogP contribution in [0.2, 0.25) is 0 Å². The van der Waals surface area contributed by atoms with Crippen molar-refractivity contribution >= 4 is 5.69 Å². The minimum atomic E-state index is -4.50. The zero-order chi connectivity index (χ0) is 15.2. The number of halogens is 3. The summed E-state index contributed by atoms with van der Waals surface area (Å²) < 4.78 is 38.8. The summed E-state index contributed by atoms with van der Waals surface area (Å²) in [7, 11) is 0. The molecule has 20 heavy (non-hydrogen) atoms. The van der Waals surface area contributed by atoms with Gasteiger partial charge in [-0.2, -0.15) is 18.4 Å². The van der Waals surface area contributed by atoms with E-state index in [9.17, 15) is 13.2 Å². The fourth-order valence-corrected chi connectivity index (χ4v) is 1.96. The van der Waals surface area contributed by atoms with Gasteiger partial charge in [0.15, 0.2) is 0 Å². The van der Waals surface area contributed by atoms with E-state index in [1.54, 1.807) is 6.07 Å². The Hall–Kier alpha value is -1.74. The van der Waals surface area contributed by atoms with Crippen LogP contribution >= 0.6 is 0 Å². The van der Waals surface area contributed by atoms with Gasteiger partial charge in [-0.1, -0.05) is 19.4 Å². The minimum Gasteiger partial charge on any atom is -0.394 e. The molecule has 1 rings (SSSR count). The Labute approximate surface area is 116 Å². The predicted molar refractivity (Wildman–Crippen MR) is 70.2 cm³/mol. The zero-order valence-electron chi connectivity index (χ0n) is 11.2. The average Bonchev–Trinajstić information content (AvgIpc) is 2.39.